The molecule has 0 radical (unpaired) electrons. The summed E-state index contributed by atoms with van der Waals surface area (Å²) in [5, 5.41) is 6.90. The minimum atomic E-state index is -4.26. The second-order valence-electron chi connectivity index (χ2n) is 3.34. The Bertz CT molecular complexity index is 326. The van der Waals surface area contributed by atoms with Gasteiger partial charge >= 0.3 is 6.18 Å². The maximum absolute atomic E-state index is 11.7. The van der Waals surface area contributed by atoms with Gasteiger partial charge in [0.05, 0.1) is 13.2 Å². The van der Waals surface area contributed by atoms with E-state index in [1.807, 2.05) is 6.92 Å². The summed E-state index contributed by atoms with van der Waals surface area (Å²) in [6.07, 6.45) is -2.82. The van der Waals surface area contributed by atoms with E-state index in [9.17, 15) is 13.2 Å². The zero-order chi connectivity index (χ0) is 12.7. The van der Waals surface area contributed by atoms with Gasteiger partial charge in [-0.25, -0.2) is 9.67 Å². The van der Waals surface area contributed by atoms with Crippen LogP contribution in [0.15, 0.2) is 6.33 Å². The van der Waals surface area contributed by atoms with Crippen molar-refractivity contribution in [2.24, 2.45) is 0 Å². The van der Waals surface area contributed by atoms with Crippen LogP contribution in [0.25, 0.3) is 0 Å². The maximum Gasteiger partial charge on any atom is 0.411 e. The lowest BCUT2D eigenvalue weighted by molar-refractivity contribution is -0.173. The summed E-state index contributed by atoms with van der Waals surface area (Å²) in [6, 6.07) is 0. The fourth-order valence-electron chi connectivity index (χ4n) is 1.22. The average molecular weight is 252 g/mol. The molecule has 0 bridgehead atoms. The quantitative estimate of drug-likeness (QED) is 0.735. The highest BCUT2D eigenvalue weighted by Crippen LogP contribution is 2.13. The van der Waals surface area contributed by atoms with E-state index in [1.165, 1.54) is 6.33 Å². The summed E-state index contributed by atoms with van der Waals surface area (Å²) < 4.78 is 41.3. The molecule has 0 aromatic carbocycles. The molecule has 0 amide bonds. The van der Waals surface area contributed by atoms with Gasteiger partial charge in [0.25, 0.3) is 0 Å². The van der Waals surface area contributed by atoms with Crippen LogP contribution in [0, 0.1) is 0 Å². The Labute approximate surface area is 97.0 Å². The molecule has 5 nitrogen and oxygen atoms in total. The lowest BCUT2D eigenvalue weighted by Gasteiger charge is -2.08. The highest BCUT2D eigenvalue weighted by molar-refractivity contribution is 4.83. The summed E-state index contributed by atoms with van der Waals surface area (Å²) >= 11 is 0. The number of aromatic nitrogens is 3. The van der Waals surface area contributed by atoms with Crippen molar-refractivity contribution in [2.45, 2.75) is 26.2 Å². The second kappa shape index (κ2) is 6.55. The van der Waals surface area contributed by atoms with E-state index in [4.69, 9.17) is 0 Å². The monoisotopic (exact) mass is 252 g/mol. The molecular weight excluding hydrogens is 237 g/mol. The number of alkyl halides is 3. The van der Waals surface area contributed by atoms with Crippen molar-refractivity contribution < 1.29 is 17.9 Å². The number of aryl methyl sites for hydroxylation is 1. The summed E-state index contributed by atoms with van der Waals surface area (Å²) in [5.74, 6) is 0.753. The minimum absolute atomic E-state index is 0.0137. The number of hydrogen-bond donors (Lipinski definition) is 1. The number of hydrogen-bond acceptors (Lipinski definition) is 4. The number of halogens is 3. The number of nitrogens with one attached hydrogen (secondary N) is 1. The second-order valence-corrected chi connectivity index (χ2v) is 3.34. The van der Waals surface area contributed by atoms with Gasteiger partial charge < -0.3 is 10.1 Å². The van der Waals surface area contributed by atoms with Gasteiger partial charge in [-0.05, 0) is 6.92 Å². The van der Waals surface area contributed by atoms with Crippen molar-refractivity contribution in [3.8, 4) is 0 Å². The van der Waals surface area contributed by atoms with Crippen molar-refractivity contribution >= 4 is 0 Å². The van der Waals surface area contributed by atoms with Crippen molar-refractivity contribution in [1.82, 2.24) is 20.1 Å². The average Bonchev–Trinajstić information content (AvgIpc) is 2.69. The first-order valence-electron chi connectivity index (χ1n) is 5.25. The number of rotatable bonds is 7. The smallest absolute Gasteiger partial charge is 0.371 e. The molecule has 1 rings (SSSR count). The van der Waals surface area contributed by atoms with Crippen LogP contribution in [0.4, 0.5) is 13.2 Å². The van der Waals surface area contributed by atoms with Crippen LogP contribution in [-0.4, -0.2) is 40.7 Å². The van der Waals surface area contributed by atoms with E-state index in [1.54, 1.807) is 4.68 Å². The largest absolute Gasteiger partial charge is 0.411 e. The molecule has 1 heterocycles. The molecule has 0 atom stereocenters. The fraction of sp³-hybridized carbons (Fsp3) is 0.778. The lowest BCUT2D eigenvalue weighted by atomic mass is 10.5. The molecule has 1 aromatic rings. The highest BCUT2D eigenvalue weighted by Gasteiger charge is 2.27. The predicted molar refractivity (Wildman–Crippen MR) is 54.3 cm³/mol. The molecule has 0 unspecified atom stereocenters. The molecule has 0 saturated heterocycles. The molecule has 1 N–H and O–H groups in total. The Morgan fingerprint density at radius 2 is 2.24 bits per heavy atom. The first-order chi connectivity index (χ1) is 8.03. The van der Waals surface area contributed by atoms with Gasteiger partial charge in [0.2, 0.25) is 0 Å². The van der Waals surface area contributed by atoms with Crippen molar-refractivity contribution in [3.63, 3.8) is 0 Å². The van der Waals surface area contributed by atoms with E-state index in [0.717, 1.165) is 5.82 Å². The van der Waals surface area contributed by atoms with Crippen molar-refractivity contribution in [3.05, 3.63) is 12.2 Å². The first-order valence-corrected chi connectivity index (χ1v) is 5.25. The normalized spacial score (nSPS) is 12.0. The Morgan fingerprint density at radius 1 is 1.47 bits per heavy atom. The molecular formula is C9H15F3N4O. The highest BCUT2D eigenvalue weighted by atomic mass is 19.4. The SMILES string of the molecule is CCn1ncnc1CNCCOCC(F)(F)F. The molecule has 0 fully saturated rings. The summed E-state index contributed by atoms with van der Waals surface area (Å²) in [6.45, 7) is 2.25. The van der Waals surface area contributed by atoms with E-state index in [0.29, 0.717) is 19.6 Å². The molecule has 8 heteroatoms. The van der Waals surface area contributed by atoms with Gasteiger partial charge in [-0.1, -0.05) is 0 Å². The predicted octanol–water partition coefficient (Wildman–Crippen LogP) is 0.967. The molecule has 0 spiro atoms. The third-order valence-electron chi connectivity index (χ3n) is 1.97. The van der Waals surface area contributed by atoms with E-state index >= 15 is 0 Å². The van der Waals surface area contributed by atoms with Gasteiger partial charge in [-0.2, -0.15) is 18.3 Å². The Hall–Kier alpha value is -1.15. The number of nitrogens with zero attached hydrogens (tertiary/aromatic N) is 3. The standard InChI is InChI=1S/C9H15F3N4O/c1-2-16-8(14-7-15-16)5-13-3-4-17-6-9(10,11)12/h7,13H,2-6H2,1H3. The summed E-state index contributed by atoms with van der Waals surface area (Å²) in [4.78, 5) is 4.01. The summed E-state index contributed by atoms with van der Waals surface area (Å²) in [7, 11) is 0. The Kier molecular flexibility index (Phi) is 5.36. The van der Waals surface area contributed by atoms with Gasteiger partial charge in [0.1, 0.15) is 18.8 Å². The van der Waals surface area contributed by atoms with Crippen LogP contribution >= 0.6 is 0 Å². The first kappa shape index (κ1) is 13.9. The molecule has 0 aliphatic carbocycles. The van der Waals surface area contributed by atoms with Crippen molar-refractivity contribution in [2.75, 3.05) is 19.8 Å². The molecule has 0 aliphatic heterocycles. The minimum Gasteiger partial charge on any atom is -0.371 e. The molecule has 0 aliphatic rings. The lowest BCUT2D eigenvalue weighted by Crippen LogP contribution is -2.24. The Balaban J connectivity index is 2.09. The van der Waals surface area contributed by atoms with Crippen LogP contribution in [-0.2, 0) is 17.8 Å². The van der Waals surface area contributed by atoms with Gasteiger partial charge in [0.15, 0.2) is 0 Å². The van der Waals surface area contributed by atoms with Crippen LogP contribution in [0.2, 0.25) is 0 Å². The van der Waals surface area contributed by atoms with Crippen LogP contribution in [0.3, 0.4) is 0 Å². The fourth-order valence-corrected chi connectivity index (χ4v) is 1.22. The zero-order valence-electron chi connectivity index (χ0n) is 9.50. The number of ether oxygens (including phenoxy) is 1. The molecule has 0 saturated carbocycles. The van der Waals surface area contributed by atoms with Crippen LogP contribution < -0.4 is 5.32 Å². The van der Waals surface area contributed by atoms with Crippen molar-refractivity contribution in [1.29, 1.82) is 0 Å². The molecule has 98 valence electrons. The maximum atomic E-state index is 11.7. The third-order valence-corrected chi connectivity index (χ3v) is 1.97. The van der Waals surface area contributed by atoms with Crippen LogP contribution in [0.1, 0.15) is 12.7 Å². The van der Waals surface area contributed by atoms with Gasteiger partial charge in [-0.15, -0.1) is 0 Å². The zero-order valence-corrected chi connectivity index (χ0v) is 9.50. The third kappa shape index (κ3) is 5.64. The van der Waals surface area contributed by atoms with Crippen LogP contribution in [0.5, 0.6) is 0 Å². The van der Waals surface area contributed by atoms with Gasteiger partial charge in [-0.3, -0.25) is 0 Å². The van der Waals surface area contributed by atoms with E-state index < -0.39 is 12.8 Å². The van der Waals surface area contributed by atoms with E-state index in [2.05, 4.69) is 20.1 Å². The van der Waals surface area contributed by atoms with E-state index in [-0.39, 0.29) is 6.61 Å². The van der Waals surface area contributed by atoms with Gasteiger partial charge in [0, 0.05) is 13.1 Å². The summed E-state index contributed by atoms with van der Waals surface area (Å²) in [5.41, 5.74) is 0. The molecule has 17 heavy (non-hydrogen) atoms. The topological polar surface area (TPSA) is 52.0 Å². The molecule has 1 aromatic heterocycles. The Morgan fingerprint density at radius 3 is 2.88 bits per heavy atom.